The lowest BCUT2D eigenvalue weighted by Gasteiger charge is -2.45. The van der Waals surface area contributed by atoms with Crippen LogP contribution in [0.2, 0.25) is 0 Å². The number of allylic oxidation sites excluding steroid dienone is 3. The van der Waals surface area contributed by atoms with E-state index in [0.29, 0.717) is 48.2 Å². The van der Waals surface area contributed by atoms with E-state index in [9.17, 15) is 15.0 Å². The minimum atomic E-state index is -0.763. The van der Waals surface area contributed by atoms with E-state index in [1.165, 1.54) is 31.3 Å². The molecule has 0 spiro atoms. The second-order valence-electron chi connectivity index (χ2n) is 12.5. The molecule has 0 aromatic rings. The van der Waals surface area contributed by atoms with E-state index in [1.807, 2.05) is 0 Å². The molecular weight excluding hydrogens is 464 g/mol. The summed E-state index contributed by atoms with van der Waals surface area (Å²) in [5, 5.41) is 30.6. The van der Waals surface area contributed by atoms with Crippen molar-refractivity contribution in [1.29, 1.82) is 0 Å². The minimum Gasteiger partial charge on any atom is -0.458 e. The van der Waals surface area contributed by atoms with Gasteiger partial charge in [0.25, 0.3) is 0 Å². The van der Waals surface area contributed by atoms with Gasteiger partial charge >= 0.3 is 5.97 Å². The number of rotatable bonds is 8. The first-order chi connectivity index (χ1) is 17.6. The molecule has 9 atom stereocenters. The molecule has 3 saturated carbocycles. The second kappa shape index (κ2) is 11.6. The molecule has 1 aliphatic heterocycles. The topological polar surface area (TPSA) is 87.0 Å². The van der Waals surface area contributed by atoms with Crippen molar-refractivity contribution in [2.45, 2.75) is 103 Å². The molecule has 0 aromatic carbocycles. The number of cyclic esters (lactones) is 1. The normalized spacial score (nSPS) is 41.4. The predicted molar refractivity (Wildman–Crippen MR) is 147 cm³/mol. The maximum atomic E-state index is 12.1. The Morgan fingerprint density at radius 3 is 2.65 bits per heavy atom. The Kier molecular flexibility index (Phi) is 8.87. The summed E-state index contributed by atoms with van der Waals surface area (Å²) in [6.07, 6.45) is 12.3. The lowest BCUT2D eigenvalue weighted by atomic mass is 9.60. The van der Waals surface area contributed by atoms with Crippen molar-refractivity contribution in [3.05, 3.63) is 47.6 Å². The van der Waals surface area contributed by atoms with Crippen molar-refractivity contribution in [1.82, 2.24) is 0 Å². The third kappa shape index (κ3) is 5.42. The zero-order valence-corrected chi connectivity index (χ0v) is 23.1. The highest BCUT2D eigenvalue weighted by atomic mass is 16.6. The van der Waals surface area contributed by atoms with Crippen LogP contribution in [0.4, 0.5) is 0 Å². The number of aliphatic hydroxyl groups excluding tert-OH is 3. The van der Waals surface area contributed by atoms with Gasteiger partial charge in [-0.05, 0) is 98.5 Å². The number of aliphatic hydroxyl groups is 3. The lowest BCUT2D eigenvalue weighted by Crippen LogP contribution is -2.38. The maximum absolute atomic E-state index is 12.1. The highest BCUT2D eigenvalue weighted by Crippen LogP contribution is 2.60. The molecule has 5 nitrogen and oxygen atoms in total. The summed E-state index contributed by atoms with van der Waals surface area (Å²) in [7, 11) is 0. The van der Waals surface area contributed by atoms with Crippen LogP contribution in [-0.4, -0.2) is 46.2 Å². The van der Waals surface area contributed by atoms with Crippen LogP contribution in [0.15, 0.2) is 47.6 Å². The summed E-state index contributed by atoms with van der Waals surface area (Å²) < 4.78 is 5.74. The van der Waals surface area contributed by atoms with Crippen molar-refractivity contribution in [2.75, 3.05) is 6.61 Å². The first kappa shape index (κ1) is 28.3. The first-order valence-electron chi connectivity index (χ1n) is 14.6. The van der Waals surface area contributed by atoms with Crippen LogP contribution in [0.5, 0.6) is 0 Å². The Morgan fingerprint density at radius 2 is 1.95 bits per heavy atom. The molecule has 1 heterocycles. The molecule has 3 aliphatic carbocycles. The van der Waals surface area contributed by atoms with Crippen molar-refractivity contribution >= 4 is 5.97 Å². The van der Waals surface area contributed by atoms with E-state index >= 15 is 0 Å². The quantitative estimate of drug-likeness (QED) is 0.289. The van der Waals surface area contributed by atoms with Gasteiger partial charge in [-0.2, -0.15) is 0 Å². The van der Waals surface area contributed by atoms with Crippen LogP contribution in [0, 0.1) is 35.0 Å². The number of fused-ring (bicyclic) bond motifs is 1. The molecule has 4 fully saturated rings. The van der Waals surface area contributed by atoms with Gasteiger partial charge in [0.05, 0.1) is 12.2 Å². The number of carbonyl (C=O) groups is 1. The Morgan fingerprint density at radius 1 is 1.19 bits per heavy atom. The van der Waals surface area contributed by atoms with E-state index in [1.54, 1.807) is 0 Å². The zero-order chi connectivity index (χ0) is 26.9. The van der Waals surface area contributed by atoms with E-state index in [-0.39, 0.29) is 35.9 Å². The fraction of sp³-hybridized carbons (Fsp3) is 0.719. The van der Waals surface area contributed by atoms with Gasteiger partial charge in [-0.3, -0.25) is 0 Å². The molecule has 5 heteroatoms. The summed E-state index contributed by atoms with van der Waals surface area (Å²) in [6, 6.07) is 0. The molecule has 3 N–H and O–H groups in total. The zero-order valence-electron chi connectivity index (χ0n) is 23.1. The third-order valence-corrected chi connectivity index (χ3v) is 10.5. The average Bonchev–Trinajstić information content (AvgIpc) is 3.35. The number of hydrogen-bond donors (Lipinski definition) is 3. The Hall–Kier alpha value is -1.69. The van der Waals surface area contributed by atoms with Crippen LogP contribution in [0.1, 0.15) is 85.0 Å². The number of ether oxygens (including phenoxy) is 1. The standard InChI is InChI=1S/C32H48O5/c1-6-24-21(4)31(36)37-29(24)17-19(2)26-13-14-27-22(9-7-15-32(26,27)5)11-12-23-18-28(34)25(10-8-16-33)30(35)20(23)3/h11-12,19,24-30,33-35H,3-4,6-10,13-18H2,1-2,5H3/t19-,24+,25+,26-,27+,28-,29-,30-,32-/m1/s1. The van der Waals surface area contributed by atoms with Gasteiger partial charge < -0.3 is 20.1 Å². The third-order valence-electron chi connectivity index (χ3n) is 10.5. The second-order valence-corrected chi connectivity index (χ2v) is 12.5. The van der Waals surface area contributed by atoms with Crippen LogP contribution >= 0.6 is 0 Å². The Bertz CT molecular complexity index is 947. The largest absolute Gasteiger partial charge is 0.458 e. The van der Waals surface area contributed by atoms with Gasteiger partial charge in [-0.15, -0.1) is 0 Å². The van der Waals surface area contributed by atoms with Crippen LogP contribution in [-0.2, 0) is 9.53 Å². The molecule has 4 aliphatic rings. The molecule has 4 rings (SSSR count). The summed E-state index contributed by atoms with van der Waals surface area (Å²) >= 11 is 0. The summed E-state index contributed by atoms with van der Waals surface area (Å²) in [5.41, 5.74) is 4.02. The summed E-state index contributed by atoms with van der Waals surface area (Å²) in [4.78, 5) is 12.1. The fourth-order valence-corrected chi connectivity index (χ4v) is 8.36. The molecule has 1 saturated heterocycles. The first-order valence-corrected chi connectivity index (χ1v) is 14.6. The molecule has 0 bridgehead atoms. The van der Waals surface area contributed by atoms with E-state index in [4.69, 9.17) is 9.84 Å². The lowest BCUT2D eigenvalue weighted by molar-refractivity contribution is -0.140. The van der Waals surface area contributed by atoms with Gasteiger partial charge in [0.15, 0.2) is 0 Å². The Labute approximate surface area is 223 Å². The molecule has 37 heavy (non-hydrogen) atoms. The van der Waals surface area contributed by atoms with Gasteiger partial charge in [0.1, 0.15) is 6.10 Å². The fourth-order valence-electron chi connectivity index (χ4n) is 8.36. The van der Waals surface area contributed by atoms with Gasteiger partial charge in [-0.25, -0.2) is 4.79 Å². The van der Waals surface area contributed by atoms with Crippen molar-refractivity contribution < 1.29 is 24.9 Å². The molecule has 0 unspecified atom stereocenters. The monoisotopic (exact) mass is 512 g/mol. The smallest absolute Gasteiger partial charge is 0.334 e. The van der Waals surface area contributed by atoms with E-state index in [0.717, 1.165) is 24.8 Å². The molecule has 0 amide bonds. The van der Waals surface area contributed by atoms with E-state index < -0.39 is 12.2 Å². The highest BCUT2D eigenvalue weighted by Gasteiger charge is 2.51. The van der Waals surface area contributed by atoms with E-state index in [2.05, 4.69) is 46.1 Å². The SMILES string of the molecule is C=C1C(=CC=C2CCC[C@]3(C)[C@@H]([C@H](C)C[C@H]4OC(=O)C(=C)[C@@H]4CC)CC[C@@H]23)C[C@@H](O)[C@H](CCCO)[C@@H]1O. The average molecular weight is 513 g/mol. The van der Waals surface area contributed by atoms with Crippen molar-refractivity contribution in [2.24, 2.45) is 35.0 Å². The van der Waals surface area contributed by atoms with Crippen LogP contribution in [0.25, 0.3) is 0 Å². The number of hydrogen-bond acceptors (Lipinski definition) is 5. The molecular formula is C32H48O5. The van der Waals surface area contributed by atoms with Gasteiger partial charge in [0.2, 0.25) is 0 Å². The maximum Gasteiger partial charge on any atom is 0.334 e. The highest BCUT2D eigenvalue weighted by molar-refractivity contribution is 5.90. The van der Waals surface area contributed by atoms with Crippen LogP contribution in [0.3, 0.4) is 0 Å². The van der Waals surface area contributed by atoms with Crippen molar-refractivity contribution in [3.63, 3.8) is 0 Å². The molecule has 0 radical (unpaired) electrons. The summed E-state index contributed by atoms with van der Waals surface area (Å²) in [5.74, 6) is 1.28. The number of esters is 1. The van der Waals surface area contributed by atoms with Gasteiger partial charge in [-0.1, -0.05) is 51.7 Å². The van der Waals surface area contributed by atoms with Crippen LogP contribution < -0.4 is 0 Å². The predicted octanol–water partition coefficient (Wildman–Crippen LogP) is 5.66. The Balaban J connectivity index is 1.46. The minimum absolute atomic E-state index is 0.0395. The number of carbonyl (C=O) groups excluding carboxylic acids is 1. The molecule has 206 valence electrons. The van der Waals surface area contributed by atoms with Crippen molar-refractivity contribution in [3.8, 4) is 0 Å². The van der Waals surface area contributed by atoms with Gasteiger partial charge in [0, 0.05) is 24.0 Å². The summed E-state index contributed by atoms with van der Waals surface area (Å²) in [6.45, 7) is 15.1. The molecule has 0 aromatic heterocycles.